The van der Waals surface area contributed by atoms with Crippen molar-refractivity contribution in [3.05, 3.63) is 17.7 Å². The van der Waals surface area contributed by atoms with Crippen molar-refractivity contribution in [3.8, 4) is 17.2 Å². The molecule has 4 nitrogen and oxygen atoms in total. The van der Waals surface area contributed by atoms with Crippen LogP contribution >= 0.6 is 0 Å². The first kappa shape index (κ1) is 11.7. The molecule has 0 amide bonds. The van der Waals surface area contributed by atoms with E-state index in [0.717, 1.165) is 29.9 Å². The highest BCUT2D eigenvalue weighted by Gasteiger charge is 2.35. The quantitative estimate of drug-likeness (QED) is 0.875. The second-order valence-electron chi connectivity index (χ2n) is 5.10. The van der Waals surface area contributed by atoms with Gasteiger partial charge in [0.25, 0.3) is 0 Å². The van der Waals surface area contributed by atoms with Crippen LogP contribution in [0.3, 0.4) is 0 Å². The van der Waals surface area contributed by atoms with E-state index in [1.54, 1.807) is 7.11 Å². The van der Waals surface area contributed by atoms with E-state index in [9.17, 15) is 0 Å². The van der Waals surface area contributed by atoms with Gasteiger partial charge in [0.15, 0.2) is 11.5 Å². The lowest BCUT2D eigenvalue weighted by Gasteiger charge is -2.35. The van der Waals surface area contributed by atoms with Crippen LogP contribution in [0.1, 0.15) is 37.7 Å². The van der Waals surface area contributed by atoms with Crippen LogP contribution in [0.4, 0.5) is 0 Å². The van der Waals surface area contributed by atoms with E-state index in [1.807, 2.05) is 12.1 Å². The Morgan fingerprint density at radius 1 is 1.17 bits per heavy atom. The molecule has 1 aromatic rings. The molecule has 1 aliphatic heterocycles. The molecular formula is C14H19NO3. The normalized spacial score (nSPS) is 20.8. The molecule has 2 aliphatic rings. The van der Waals surface area contributed by atoms with Crippen molar-refractivity contribution in [2.75, 3.05) is 13.9 Å². The molecule has 1 aromatic carbocycles. The van der Waals surface area contributed by atoms with Crippen LogP contribution in [0, 0.1) is 0 Å². The van der Waals surface area contributed by atoms with Gasteiger partial charge in [0.05, 0.1) is 7.11 Å². The highest BCUT2D eigenvalue weighted by Crippen LogP contribution is 2.48. The summed E-state index contributed by atoms with van der Waals surface area (Å²) >= 11 is 0. The molecule has 2 N–H and O–H groups in total. The molecule has 1 saturated carbocycles. The maximum atomic E-state index is 6.57. The van der Waals surface area contributed by atoms with E-state index in [-0.39, 0.29) is 12.3 Å². The Hall–Kier alpha value is -1.42. The first-order valence-electron chi connectivity index (χ1n) is 6.50. The SMILES string of the molecule is COc1c(C2(N)CCCCC2)ccc2c1OCO2. The first-order chi connectivity index (χ1) is 8.74. The Morgan fingerprint density at radius 3 is 2.67 bits per heavy atom. The van der Waals surface area contributed by atoms with Gasteiger partial charge in [-0.25, -0.2) is 0 Å². The Bertz CT molecular complexity index is 453. The monoisotopic (exact) mass is 249 g/mol. The molecule has 4 heteroatoms. The standard InChI is InChI=1S/C14H19NO3/c1-16-12-10(14(15)7-3-2-4-8-14)5-6-11-13(12)18-9-17-11/h5-6H,2-4,7-9,15H2,1H3. The van der Waals surface area contributed by atoms with E-state index < -0.39 is 0 Å². The van der Waals surface area contributed by atoms with Gasteiger partial charge in [-0.2, -0.15) is 0 Å². The molecule has 3 rings (SSSR count). The van der Waals surface area contributed by atoms with Crippen LogP contribution < -0.4 is 19.9 Å². The Labute approximate surface area is 107 Å². The number of ether oxygens (including phenoxy) is 3. The number of benzene rings is 1. The van der Waals surface area contributed by atoms with Gasteiger partial charge in [-0.15, -0.1) is 0 Å². The van der Waals surface area contributed by atoms with Crippen LogP contribution in [0.15, 0.2) is 12.1 Å². The van der Waals surface area contributed by atoms with Gasteiger partial charge < -0.3 is 19.9 Å². The molecule has 0 atom stereocenters. The van der Waals surface area contributed by atoms with Crippen molar-refractivity contribution in [1.29, 1.82) is 0 Å². The minimum atomic E-state index is -0.287. The van der Waals surface area contributed by atoms with Crippen molar-refractivity contribution in [2.45, 2.75) is 37.6 Å². The average molecular weight is 249 g/mol. The molecule has 0 aromatic heterocycles. The lowest BCUT2D eigenvalue weighted by atomic mass is 9.77. The number of hydrogen-bond acceptors (Lipinski definition) is 4. The summed E-state index contributed by atoms with van der Waals surface area (Å²) in [7, 11) is 1.66. The highest BCUT2D eigenvalue weighted by atomic mass is 16.7. The predicted octanol–water partition coefficient (Wildman–Crippen LogP) is 2.54. The van der Waals surface area contributed by atoms with Gasteiger partial charge in [0, 0.05) is 11.1 Å². The van der Waals surface area contributed by atoms with E-state index >= 15 is 0 Å². The molecule has 0 bridgehead atoms. The Kier molecular flexibility index (Phi) is 2.82. The summed E-state index contributed by atoms with van der Waals surface area (Å²) in [5.41, 5.74) is 7.34. The van der Waals surface area contributed by atoms with Crippen molar-refractivity contribution in [2.24, 2.45) is 5.73 Å². The number of rotatable bonds is 2. The number of fused-ring (bicyclic) bond motifs is 1. The third-order valence-corrected chi connectivity index (χ3v) is 3.98. The van der Waals surface area contributed by atoms with Gasteiger partial charge in [-0.3, -0.25) is 0 Å². The summed E-state index contributed by atoms with van der Waals surface area (Å²) in [6.07, 6.45) is 5.63. The lowest BCUT2D eigenvalue weighted by Crippen LogP contribution is -2.38. The second-order valence-corrected chi connectivity index (χ2v) is 5.10. The van der Waals surface area contributed by atoms with Gasteiger partial charge in [0.1, 0.15) is 0 Å². The molecule has 18 heavy (non-hydrogen) atoms. The van der Waals surface area contributed by atoms with E-state index in [1.165, 1.54) is 19.3 Å². The summed E-state index contributed by atoms with van der Waals surface area (Å²) in [4.78, 5) is 0. The molecule has 1 heterocycles. The van der Waals surface area contributed by atoms with Crippen molar-refractivity contribution >= 4 is 0 Å². The van der Waals surface area contributed by atoms with Crippen LogP contribution in [-0.4, -0.2) is 13.9 Å². The second kappa shape index (κ2) is 4.35. The fraction of sp³-hybridized carbons (Fsp3) is 0.571. The smallest absolute Gasteiger partial charge is 0.231 e. The Morgan fingerprint density at radius 2 is 1.94 bits per heavy atom. The molecule has 1 fully saturated rings. The fourth-order valence-electron chi connectivity index (χ4n) is 2.99. The largest absolute Gasteiger partial charge is 0.492 e. The molecule has 0 radical (unpaired) electrons. The fourth-order valence-corrected chi connectivity index (χ4v) is 2.99. The summed E-state index contributed by atoms with van der Waals surface area (Å²) in [5, 5.41) is 0. The maximum absolute atomic E-state index is 6.57. The number of hydrogen-bond donors (Lipinski definition) is 1. The molecule has 0 spiro atoms. The van der Waals surface area contributed by atoms with Gasteiger partial charge in [0.2, 0.25) is 12.5 Å². The summed E-state index contributed by atoms with van der Waals surface area (Å²) in [5.74, 6) is 2.19. The van der Waals surface area contributed by atoms with Gasteiger partial charge in [-0.1, -0.05) is 19.3 Å². The minimum Gasteiger partial charge on any atom is -0.492 e. The minimum absolute atomic E-state index is 0.257. The van der Waals surface area contributed by atoms with Gasteiger partial charge in [-0.05, 0) is 25.0 Å². The predicted molar refractivity (Wildman–Crippen MR) is 68.1 cm³/mol. The van der Waals surface area contributed by atoms with Crippen molar-refractivity contribution in [1.82, 2.24) is 0 Å². The first-order valence-corrected chi connectivity index (χ1v) is 6.50. The third-order valence-electron chi connectivity index (χ3n) is 3.98. The topological polar surface area (TPSA) is 53.7 Å². The molecule has 1 aliphatic carbocycles. The number of methoxy groups -OCH3 is 1. The molecule has 0 saturated heterocycles. The van der Waals surface area contributed by atoms with Gasteiger partial charge >= 0.3 is 0 Å². The van der Waals surface area contributed by atoms with Crippen molar-refractivity contribution < 1.29 is 14.2 Å². The lowest BCUT2D eigenvalue weighted by molar-refractivity contribution is 0.170. The zero-order chi connectivity index (χ0) is 12.6. The summed E-state index contributed by atoms with van der Waals surface area (Å²) < 4.78 is 16.4. The van der Waals surface area contributed by atoms with Crippen LogP contribution in [0.5, 0.6) is 17.2 Å². The molecule has 0 unspecified atom stereocenters. The number of nitrogens with two attached hydrogens (primary N) is 1. The zero-order valence-electron chi connectivity index (χ0n) is 10.7. The zero-order valence-corrected chi connectivity index (χ0v) is 10.7. The van der Waals surface area contributed by atoms with E-state index in [2.05, 4.69) is 0 Å². The molecular weight excluding hydrogens is 230 g/mol. The summed E-state index contributed by atoms with van der Waals surface area (Å²) in [6, 6.07) is 3.96. The molecule has 98 valence electrons. The van der Waals surface area contributed by atoms with Crippen LogP contribution in [-0.2, 0) is 5.54 Å². The third kappa shape index (κ3) is 1.72. The van der Waals surface area contributed by atoms with E-state index in [4.69, 9.17) is 19.9 Å². The maximum Gasteiger partial charge on any atom is 0.231 e. The highest BCUT2D eigenvalue weighted by molar-refractivity contribution is 5.58. The van der Waals surface area contributed by atoms with E-state index in [0.29, 0.717) is 5.75 Å². The van der Waals surface area contributed by atoms with Crippen LogP contribution in [0.25, 0.3) is 0 Å². The summed E-state index contributed by atoms with van der Waals surface area (Å²) in [6.45, 7) is 0.257. The van der Waals surface area contributed by atoms with Crippen LogP contribution in [0.2, 0.25) is 0 Å². The van der Waals surface area contributed by atoms with Crippen molar-refractivity contribution in [3.63, 3.8) is 0 Å². The Balaban J connectivity index is 2.06. The average Bonchev–Trinajstić information content (AvgIpc) is 2.86.